The third kappa shape index (κ3) is 2.83. The van der Waals surface area contributed by atoms with Gasteiger partial charge in [0, 0.05) is 23.1 Å². The maximum Gasteiger partial charge on any atom is 0.340 e. The van der Waals surface area contributed by atoms with E-state index in [1.165, 1.54) is 6.07 Å². The molecular weight excluding hydrogens is 290 g/mol. The molecule has 0 spiro atoms. The van der Waals surface area contributed by atoms with Crippen molar-refractivity contribution in [3.8, 4) is 0 Å². The highest BCUT2D eigenvalue weighted by Crippen LogP contribution is 2.19. The fourth-order valence-electron chi connectivity index (χ4n) is 1.99. The maximum atomic E-state index is 12.0. The molecule has 0 saturated heterocycles. The average molecular weight is 302 g/mol. The molecule has 0 unspecified atom stereocenters. The normalized spacial score (nSPS) is 10.7. The van der Waals surface area contributed by atoms with Gasteiger partial charge in [0.2, 0.25) is 0 Å². The largest absolute Gasteiger partial charge is 0.455 e. The molecule has 0 atom stereocenters. The summed E-state index contributed by atoms with van der Waals surface area (Å²) in [6.07, 6.45) is 3.69. The Bertz CT molecular complexity index is 781. The molecule has 3 aromatic rings. The van der Waals surface area contributed by atoms with Gasteiger partial charge in [0.25, 0.3) is 0 Å². The number of ether oxygens (including phenoxy) is 1. The third-order valence-electron chi connectivity index (χ3n) is 3.00. The summed E-state index contributed by atoms with van der Waals surface area (Å²) in [5, 5.41) is 0.476. The fourth-order valence-corrected chi connectivity index (χ4v) is 2.17. The molecule has 1 aromatic carbocycles. The van der Waals surface area contributed by atoms with Crippen molar-refractivity contribution in [1.29, 1.82) is 0 Å². The second-order valence-electron chi connectivity index (χ2n) is 4.51. The first-order valence-electron chi connectivity index (χ1n) is 6.28. The van der Waals surface area contributed by atoms with Crippen molar-refractivity contribution in [2.75, 3.05) is 5.73 Å². The summed E-state index contributed by atoms with van der Waals surface area (Å²) >= 11 is 5.79. The molecule has 21 heavy (non-hydrogen) atoms. The standard InChI is InChI=1S/C15H12ClN3O2/c16-10-4-5-12(13(17)7-10)15(20)21-9-11-8-19-6-2-1-3-14(19)18-11/h1-8H,9,17H2. The fraction of sp³-hybridized carbons (Fsp3) is 0.0667. The van der Waals surface area contributed by atoms with E-state index in [0.717, 1.165) is 5.65 Å². The Kier molecular flexibility index (Phi) is 3.50. The second-order valence-corrected chi connectivity index (χ2v) is 4.94. The Morgan fingerprint density at radius 3 is 2.95 bits per heavy atom. The number of carbonyl (C=O) groups is 1. The van der Waals surface area contributed by atoms with Gasteiger partial charge in [-0.25, -0.2) is 9.78 Å². The molecule has 0 aliphatic rings. The lowest BCUT2D eigenvalue weighted by Gasteiger charge is -2.05. The first-order chi connectivity index (χ1) is 10.1. The number of fused-ring (bicyclic) bond motifs is 1. The lowest BCUT2D eigenvalue weighted by molar-refractivity contribution is 0.0469. The van der Waals surface area contributed by atoms with Gasteiger partial charge in [0.05, 0.1) is 11.3 Å². The van der Waals surface area contributed by atoms with Gasteiger partial charge < -0.3 is 14.9 Å². The number of pyridine rings is 1. The zero-order valence-electron chi connectivity index (χ0n) is 11.0. The van der Waals surface area contributed by atoms with E-state index in [1.807, 2.05) is 35.0 Å². The maximum absolute atomic E-state index is 12.0. The smallest absolute Gasteiger partial charge is 0.340 e. The van der Waals surface area contributed by atoms with Crippen LogP contribution in [0.15, 0.2) is 48.8 Å². The molecule has 0 saturated carbocycles. The average Bonchev–Trinajstić information content (AvgIpc) is 2.87. The minimum Gasteiger partial charge on any atom is -0.455 e. The molecule has 2 heterocycles. The molecule has 2 N–H and O–H groups in total. The van der Waals surface area contributed by atoms with Crippen molar-refractivity contribution in [2.45, 2.75) is 6.61 Å². The van der Waals surface area contributed by atoms with Crippen LogP contribution < -0.4 is 5.73 Å². The van der Waals surface area contributed by atoms with Crippen LogP contribution in [0.4, 0.5) is 5.69 Å². The molecule has 0 bridgehead atoms. The number of hydrogen-bond donors (Lipinski definition) is 1. The molecule has 2 aromatic heterocycles. The van der Waals surface area contributed by atoms with Crippen LogP contribution in [0.25, 0.3) is 5.65 Å². The van der Waals surface area contributed by atoms with Gasteiger partial charge in [-0.1, -0.05) is 17.7 Å². The predicted molar refractivity (Wildman–Crippen MR) is 80.2 cm³/mol. The molecule has 5 nitrogen and oxygen atoms in total. The Balaban J connectivity index is 1.73. The number of benzene rings is 1. The number of rotatable bonds is 3. The third-order valence-corrected chi connectivity index (χ3v) is 3.23. The van der Waals surface area contributed by atoms with Crippen molar-refractivity contribution in [3.63, 3.8) is 0 Å². The summed E-state index contributed by atoms with van der Waals surface area (Å²) < 4.78 is 7.09. The number of nitrogen functional groups attached to an aromatic ring is 1. The van der Waals surface area contributed by atoms with Crippen LogP contribution >= 0.6 is 11.6 Å². The SMILES string of the molecule is Nc1cc(Cl)ccc1C(=O)OCc1cn2ccccc2n1. The molecule has 0 amide bonds. The van der Waals surface area contributed by atoms with Crippen molar-refractivity contribution in [2.24, 2.45) is 0 Å². The summed E-state index contributed by atoms with van der Waals surface area (Å²) in [4.78, 5) is 16.3. The zero-order chi connectivity index (χ0) is 14.8. The molecule has 0 aliphatic heterocycles. The van der Waals surface area contributed by atoms with E-state index in [4.69, 9.17) is 22.1 Å². The Labute approximate surface area is 125 Å². The van der Waals surface area contributed by atoms with Gasteiger partial charge in [0.15, 0.2) is 0 Å². The molecular formula is C15H12ClN3O2. The molecule has 0 radical (unpaired) electrons. The van der Waals surface area contributed by atoms with Gasteiger partial charge in [-0.15, -0.1) is 0 Å². The molecule has 0 aliphatic carbocycles. The van der Waals surface area contributed by atoms with Crippen molar-refractivity contribution < 1.29 is 9.53 Å². The Morgan fingerprint density at radius 2 is 2.19 bits per heavy atom. The monoisotopic (exact) mass is 301 g/mol. The van der Waals surface area contributed by atoms with Crippen LogP contribution in [0.2, 0.25) is 5.02 Å². The number of hydrogen-bond acceptors (Lipinski definition) is 4. The van der Waals surface area contributed by atoms with E-state index in [9.17, 15) is 4.79 Å². The zero-order valence-corrected chi connectivity index (χ0v) is 11.7. The molecule has 6 heteroatoms. The number of nitrogens with two attached hydrogens (primary N) is 1. The Morgan fingerprint density at radius 1 is 1.33 bits per heavy atom. The number of aromatic nitrogens is 2. The van der Waals surface area contributed by atoms with E-state index in [-0.39, 0.29) is 6.61 Å². The summed E-state index contributed by atoms with van der Waals surface area (Å²) in [5.74, 6) is -0.499. The van der Waals surface area contributed by atoms with Gasteiger partial charge >= 0.3 is 5.97 Å². The van der Waals surface area contributed by atoms with Gasteiger partial charge in [-0.2, -0.15) is 0 Å². The molecule has 106 valence electrons. The minimum atomic E-state index is -0.499. The predicted octanol–water partition coefficient (Wildman–Crippen LogP) is 2.93. The van der Waals surface area contributed by atoms with E-state index in [1.54, 1.807) is 12.1 Å². The number of halogens is 1. The van der Waals surface area contributed by atoms with E-state index < -0.39 is 5.97 Å². The van der Waals surface area contributed by atoms with Crippen molar-refractivity contribution in [3.05, 3.63) is 65.1 Å². The first kappa shape index (κ1) is 13.5. The lowest BCUT2D eigenvalue weighted by Crippen LogP contribution is -2.08. The number of anilines is 1. The van der Waals surface area contributed by atoms with Crippen molar-refractivity contribution in [1.82, 2.24) is 9.38 Å². The topological polar surface area (TPSA) is 69.6 Å². The van der Waals surface area contributed by atoms with E-state index >= 15 is 0 Å². The summed E-state index contributed by atoms with van der Waals surface area (Å²) in [5.41, 5.74) is 7.81. The highest BCUT2D eigenvalue weighted by atomic mass is 35.5. The van der Waals surface area contributed by atoms with Crippen LogP contribution in [-0.4, -0.2) is 15.4 Å². The minimum absolute atomic E-state index is 0.0859. The lowest BCUT2D eigenvalue weighted by atomic mass is 10.2. The van der Waals surface area contributed by atoms with Crippen LogP contribution in [0.5, 0.6) is 0 Å². The van der Waals surface area contributed by atoms with Gasteiger partial charge in [-0.05, 0) is 30.3 Å². The number of imidazole rings is 1. The second kappa shape index (κ2) is 5.46. The van der Waals surface area contributed by atoms with Crippen LogP contribution in [0.3, 0.4) is 0 Å². The van der Waals surface area contributed by atoms with E-state index in [2.05, 4.69) is 4.98 Å². The van der Waals surface area contributed by atoms with Crippen LogP contribution in [0, 0.1) is 0 Å². The Hall–Kier alpha value is -2.53. The summed E-state index contributed by atoms with van der Waals surface area (Å²) in [6, 6.07) is 10.3. The van der Waals surface area contributed by atoms with Gasteiger partial charge in [0.1, 0.15) is 12.3 Å². The van der Waals surface area contributed by atoms with Crippen molar-refractivity contribution >= 4 is 28.9 Å². The molecule has 0 fully saturated rings. The van der Waals surface area contributed by atoms with Crippen LogP contribution in [-0.2, 0) is 11.3 Å². The number of carbonyl (C=O) groups excluding carboxylic acids is 1. The van der Waals surface area contributed by atoms with E-state index in [0.29, 0.717) is 22.0 Å². The first-order valence-corrected chi connectivity index (χ1v) is 6.66. The number of esters is 1. The quantitative estimate of drug-likeness (QED) is 0.596. The highest BCUT2D eigenvalue weighted by molar-refractivity contribution is 6.31. The highest BCUT2D eigenvalue weighted by Gasteiger charge is 2.12. The summed E-state index contributed by atoms with van der Waals surface area (Å²) in [6.45, 7) is 0.0859. The van der Waals surface area contributed by atoms with Crippen LogP contribution in [0.1, 0.15) is 16.1 Å². The number of nitrogens with zero attached hydrogens (tertiary/aromatic N) is 2. The van der Waals surface area contributed by atoms with Gasteiger partial charge in [-0.3, -0.25) is 0 Å². The molecule has 3 rings (SSSR count). The summed E-state index contributed by atoms with van der Waals surface area (Å²) in [7, 11) is 0.